The molecule has 1 aromatic heterocycles. The molecule has 2 N–H and O–H groups in total. The highest BCUT2D eigenvalue weighted by Crippen LogP contribution is 2.31. The Kier molecular flexibility index (Phi) is 10.0. The Balaban J connectivity index is 1.60. The third-order valence-electron chi connectivity index (χ3n) is 6.23. The molecule has 0 atom stereocenters. The minimum Gasteiger partial charge on any atom is -0.476 e. The first kappa shape index (κ1) is 31.2. The summed E-state index contributed by atoms with van der Waals surface area (Å²) in [7, 11) is -4.25. The van der Waals surface area contributed by atoms with Crippen LogP contribution < -0.4 is 4.72 Å². The molecule has 1 heterocycles. The van der Waals surface area contributed by atoms with Gasteiger partial charge in [-0.05, 0) is 47.0 Å². The molecule has 42 heavy (non-hydrogen) atoms. The Labute approximate surface area is 250 Å². The van der Waals surface area contributed by atoms with Crippen LogP contribution in [0.1, 0.15) is 40.8 Å². The quantitative estimate of drug-likeness (QED) is 0.177. The minimum atomic E-state index is -4.25. The molecule has 0 spiro atoms. The number of alkyl halides is 2. The molecule has 8 nitrogen and oxygen atoms in total. The van der Waals surface area contributed by atoms with E-state index in [-0.39, 0.29) is 40.3 Å². The van der Waals surface area contributed by atoms with E-state index in [1.807, 2.05) is 6.92 Å². The summed E-state index contributed by atoms with van der Waals surface area (Å²) in [5.74, 6) is -4.54. The van der Waals surface area contributed by atoms with Crippen molar-refractivity contribution in [1.29, 1.82) is 0 Å². The second-order valence-electron chi connectivity index (χ2n) is 9.19. The molecule has 0 saturated heterocycles. The maximum atomic E-state index is 13.2. The minimum absolute atomic E-state index is 0.0616. The monoisotopic (exact) mass is 633 g/mol. The smallest absolute Gasteiger partial charge is 0.355 e. The van der Waals surface area contributed by atoms with Crippen LogP contribution in [0.2, 0.25) is 5.02 Å². The van der Waals surface area contributed by atoms with E-state index in [1.54, 1.807) is 66.7 Å². The summed E-state index contributed by atoms with van der Waals surface area (Å²) < 4.78 is 56.1. The van der Waals surface area contributed by atoms with Gasteiger partial charge in [0.2, 0.25) is 5.91 Å². The van der Waals surface area contributed by atoms with Crippen LogP contribution in [0.4, 0.5) is 8.78 Å². The molecule has 0 saturated carbocycles. The third kappa shape index (κ3) is 7.36. The van der Waals surface area contributed by atoms with Gasteiger partial charge in [-0.25, -0.2) is 22.9 Å². The summed E-state index contributed by atoms with van der Waals surface area (Å²) >= 11 is 6.19. The number of hydrogen-bond acceptors (Lipinski definition) is 6. The Morgan fingerprint density at radius 2 is 1.71 bits per heavy atom. The number of halogens is 3. The van der Waals surface area contributed by atoms with Gasteiger partial charge in [0.15, 0.2) is 5.69 Å². The maximum Gasteiger partial charge on any atom is 0.355 e. The van der Waals surface area contributed by atoms with Crippen molar-refractivity contribution in [2.75, 3.05) is 0 Å². The Bertz CT molecular complexity index is 1710. The van der Waals surface area contributed by atoms with Crippen molar-refractivity contribution in [1.82, 2.24) is 14.3 Å². The second kappa shape index (κ2) is 13.5. The van der Waals surface area contributed by atoms with E-state index in [0.29, 0.717) is 45.9 Å². The number of aryl methyl sites for hydroxylation is 1. The van der Waals surface area contributed by atoms with Gasteiger partial charge in [-0.2, -0.15) is 8.78 Å². The average Bonchev–Trinajstić information content (AvgIpc) is 3.26. The molecule has 220 valence electrons. The number of rotatable bonds is 12. The number of aromatic carboxylic acids is 1. The van der Waals surface area contributed by atoms with Crippen molar-refractivity contribution in [2.45, 2.75) is 48.4 Å². The molecule has 0 radical (unpaired) electrons. The van der Waals surface area contributed by atoms with Gasteiger partial charge < -0.3 is 9.67 Å². The highest BCUT2D eigenvalue weighted by molar-refractivity contribution is 7.99. The molecule has 0 fully saturated rings. The number of aromatic nitrogens is 2. The van der Waals surface area contributed by atoms with Crippen LogP contribution in [0.5, 0.6) is 0 Å². The highest BCUT2D eigenvalue weighted by atomic mass is 35.5. The number of sulfonamides is 1. The van der Waals surface area contributed by atoms with Gasteiger partial charge in [0, 0.05) is 23.6 Å². The average molecular weight is 634 g/mol. The largest absolute Gasteiger partial charge is 0.476 e. The molecule has 4 rings (SSSR count). The molecule has 13 heteroatoms. The van der Waals surface area contributed by atoms with Crippen LogP contribution in [0, 0.1) is 0 Å². The number of amides is 1. The van der Waals surface area contributed by atoms with E-state index in [1.165, 1.54) is 10.6 Å². The number of thioether (sulfide) groups is 1. The number of carboxylic acids is 1. The third-order valence-corrected chi connectivity index (χ3v) is 8.72. The topological polar surface area (TPSA) is 118 Å². The Morgan fingerprint density at radius 3 is 2.36 bits per heavy atom. The lowest BCUT2D eigenvalue weighted by Crippen LogP contribution is -2.32. The summed E-state index contributed by atoms with van der Waals surface area (Å²) in [6, 6.07) is 19.6. The van der Waals surface area contributed by atoms with Crippen molar-refractivity contribution in [3.63, 3.8) is 0 Å². The van der Waals surface area contributed by atoms with Gasteiger partial charge >= 0.3 is 5.97 Å². The molecule has 4 aromatic rings. The fourth-order valence-corrected chi connectivity index (χ4v) is 6.45. The normalized spacial score (nSPS) is 11.5. The number of hydrogen-bond donors (Lipinski definition) is 2. The molecule has 0 aliphatic rings. The number of imidazole rings is 1. The number of nitrogens with zero attached hydrogens (tertiary/aromatic N) is 2. The predicted molar refractivity (Wildman–Crippen MR) is 157 cm³/mol. The van der Waals surface area contributed by atoms with Crippen molar-refractivity contribution in [3.8, 4) is 11.1 Å². The summed E-state index contributed by atoms with van der Waals surface area (Å²) in [5, 5.41) is 9.87. The molecular weight excluding hydrogens is 608 g/mol. The van der Waals surface area contributed by atoms with Gasteiger partial charge in [-0.3, -0.25) is 4.79 Å². The van der Waals surface area contributed by atoms with E-state index in [2.05, 4.69) is 9.71 Å². The summed E-state index contributed by atoms with van der Waals surface area (Å²) in [4.78, 5) is 28.6. The number of carbonyl (C=O) groups is 2. The van der Waals surface area contributed by atoms with Gasteiger partial charge in [0.05, 0.1) is 11.3 Å². The zero-order valence-electron chi connectivity index (χ0n) is 22.3. The van der Waals surface area contributed by atoms with E-state index >= 15 is 0 Å². The van der Waals surface area contributed by atoms with Crippen molar-refractivity contribution >= 4 is 45.3 Å². The van der Waals surface area contributed by atoms with Crippen LogP contribution in [-0.2, 0) is 34.2 Å². The van der Waals surface area contributed by atoms with E-state index in [4.69, 9.17) is 11.6 Å². The van der Waals surface area contributed by atoms with Crippen molar-refractivity contribution < 1.29 is 31.9 Å². The molecule has 1 amide bonds. The maximum absolute atomic E-state index is 13.2. The van der Waals surface area contributed by atoms with Crippen LogP contribution in [-0.4, -0.2) is 40.7 Å². The number of carbonyl (C=O) groups excluding carboxylic acids is 1. The molecule has 0 bridgehead atoms. The molecule has 0 unspecified atom stereocenters. The molecule has 0 aliphatic heterocycles. The lowest BCUT2D eigenvalue weighted by atomic mass is 10.0. The Hall–Kier alpha value is -3.74. The number of carboxylic acid groups (broad SMARTS) is 1. The zero-order chi connectivity index (χ0) is 30.4. The van der Waals surface area contributed by atoms with E-state index < -0.39 is 27.7 Å². The lowest BCUT2D eigenvalue weighted by Gasteiger charge is -2.14. The first-order valence-electron chi connectivity index (χ1n) is 12.7. The summed E-state index contributed by atoms with van der Waals surface area (Å²) in [6.45, 7) is 1.94. The fourth-order valence-electron chi connectivity index (χ4n) is 4.40. The second-order valence-corrected chi connectivity index (χ2v) is 12.2. The van der Waals surface area contributed by atoms with Crippen LogP contribution in [0.15, 0.2) is 82.7 Å². The van der Waals surface area contributed by atoms with Crippen molar-refractivity contribution in [3.05, 3.63) is 100 Å². The summed E-state index contributed by atoms with van der Waals surface area (Å²) in [6.07, 6.45) is 0.809. The van der Waals surface area contributed by atoms with Gasteiger partial charge in [-0.15, -0.1) is 0 Å². The Morgan fingerprint density at radius 1 is 1.05 bits per heavy atom. The lowest BCUT2D eigenvalue weighted by molar-refractivity contribution is -0.118. The van der Waals surface area contributed by atoms with Crippen LogP contribution >= 0.6 is 23.4 Å². The first-order valence-corrected chi connectivity index (χ1v) is 15.5. The van der Waals surface area contributed by atoms with Gasteiger partial charge in [0.25, 0.3) is 15.8 Å². The number of nitrogens with one attached hydrogen (secondary N) is 1. The standard InChI is InChI=1S/C29H26ClF2N3O5S2/c1-2-7-24-33-27(41-29(31)32)26(28(37)38)35(24)17-18-12-14-19(15-13-18)21-9-4-6-11-23(21)42(39,40)34-25(36)16-20-8-3-5-10-22(20)30/h3-6,8-15,29H,2,7,16-17H2,1H3,(H,34,36)(H,37,38). The summed E-state index contributed by atoms with van der Waals surface area (Å²) in [5.41, 5.74) is 1.71. The first-order chi connectivity index (χ1) is 20.0. The van der Waals surface area contributed by atoms with Crippen molar-refractivity contribution in [2.24, 2.45) is 0 Å². The fraction of sp³-hybridized carbons (Fsp3) is 0.207. The van der Waals surface area contributed by atoms with E-state index in [0.717, 1.165) is 0 Å². The zero-order valence-corrected chi connectivity index (χ0v) is 24.6. The molecular formula is C29H26ClF2N3O5S2. The van der Waals surface area contributed by atoms with E-state index in [9.17, 15) is 31.9 Å². The van der Waals surface area contributed by atoms with Crippen LogP contribution in [0.3, 0.4) is 0 Å². The van der Waals surface area contributed by atoms with Gasteiger partial charge in [0.1, 0.15) is 10.9 Å². The van der Waals surface area contributed by atoms with Crippen LogP contribution in [0.25, 0.3) is 11.1 Å². The predicted octanol–water partition coefficient (Wildman–Crippen LogP) is 6.26. The number of benzene rings is 3. The molecule has 0 aliphatic carbocycles. The highest BCUT2D eigenvalue weighted by Gasteiger charge is 2.26. The molecule has 3 aromatic carbocycles. The van der Waals surface area contributed by atoms with Gasteiger partial charge in [-0.1, -0.05) is 79.2 Å². The SMILES string of the molecule is CCCc1nc(SC(F)F)c(C(=O)O)n1Cc1ccc(-c2ccccc2S(=O)(=O)NC(=O)Cc2ccccc2Cl)cc1.